The molecule has 0 radical (unpaired) electrons. The molecule has 1 fully saturated rings. The predicted octanol–water partition coefficient (Wildman–Crippen LogP) is 3.58. The van der Waals surface area contributed by atoms with Crippen LogP contribution in [0.25, 0.3) is 22.4 Å². The van der Waals surface area contributed by atoms with E-state index in [2.05, 4.69) is 26.7 Å². The second-order valence-corrected chi connectivity index (χ2v) is 9.65. The van der Waals surface area contributed by atoms with E-state index in [0.717, 1.165) is 11.1 Å². The monoisotopic (exact) mass is 523 g/mol. The summed E-state index contributed by atoms with van der Waals surface area (Å²) in [4.78, 5) is 39.1. The normalized spacial score (nSPS) is 14.5. The second kappa shape index (κ2) is 10.8. The highest BCUT2D eigenvalue weighted by atomic mass is 16.3. The fourth-order valence-corrected chi connectivity index (χ4v) is 4.90. The first-order valence-corrected chi connectivity index (χ1v) is 12.8. The maximum Gasteiger partial charge on any atom is 0.270 e. The lowest BCUT2D eigenvalue weighted by atomic mass is 9.74. The van der Waals surface area contributed by atoms with Gasteiger partial charge in [-0.3, -0.25) is 9.59 Å². The minimum atomic E-state index is -0.702. The van der Waals surface area contributed by atoms with Crippen LogP contribution >= 0.6 is 0 Å². The largest absolute Gasteiger partial charge is 0.508 e. The van der Waals surface area contributed by atoms with Gasteiger partial charge >= 0.3 is 0 Å². The Hall–Kier alpha value is -4.91. The fourth-order valence-electron chi connectivity index (χ4n) is 4.90. The van der Waals surface area contributed by atoms with E-state index in [1.54, 1.807) is 35.2 Å². The van der Waals surface area contributed by atoms with Gasteiger partial charge in [0, 0.05) is 38.7 Å². The average Bonchev–Trinajstić information content (AvgIpc) is 3.40. The maximum absolute atomic E-state index is 13.5. The van der Waals surface area contributed by atoms with E-state index < -0.39 is 5.41 Å². The van der Waals surface area contributed by atoms with Crippen LogP contribution in [0, 0.1) is 11.3 Å². The molecule has 3 heterocycles. The number of aromatic amines is 1. The first kappa shape index (κ1) is 25.7. The van der Waals surface area contributed by atoms with Crippen molar-refractivity contribution < 1.29 is 14.7 Å². The lowest BCUT2D eigenvalue weighted by molar-refractivity contribution is -0.118. The number of piperidine rings is 1. The number of nitrogens with one attached hydrogen (secondary N) is 3. The summed E-state index contributed by atoms with van der Waals surface area (Å²) >= 11 is 0. The van der Waals surface area contributed by atoms with Crippen LogP contribution in [0.1, 0.15) is 35.8 Å². The molecule has 10 heteroatoms. The van der Waals surface area contributed by atoms with E-state index >= 15 is 0 Å². The highest BCUT2D eigenvalue weighted by Gasteiger charge is 2.38. The third-order valence-corrected chi connectivity index (χ3v) is 7.08. The van der Waals surface area contributed by atoms with Crippen molar-refractivity contribution >= 4 is 28.7 Å². The molecule has 1 saturated heterocycles. The number of nitrogens with zero attached hydrogens (tertiary/aromatic N) is 4. The van der Waals surface area contributed by atoms with Gasteiger partial charge in [-0.2, -0.15) is 5.26 Å². The van der Waals surface area contributed by atoms with Crippen LogP contribution in [-0.2, 0) is 10.2 Å². The number of phenols is 1. The third-order valence-electron chi connectivity index (χ3n) is 7.08. The van der Waals surface area contributed by atoms with Crippen molar-refractivity contribution in [2.75, 3.05) is 31.5 Å². The third kappa shape index (κ3) is 5.38. The van der Waals surface area contributed by atoms with Crippen LogP contribution in [0.2, 0.25) is 0 Å². The van der Waals surface area contributed by atoms with Gasteiger partial charge in [-0.15, -0.1) is 0 Å². The number of fused-ring (bicyclic) bond motifs is 1. The molecule has 2 aromatic carbocycles. The number of likely N-dealkylation sites (tertiary alicyclic amines) is 1. The minimum Gasteiger partial charge on any atom is -0.508 e. The van der Waals surface area contributed by atoms with E-state index in [-0.39, 0.29) is 17.6 Å². The van der Waals surface area contributed by atoms with E-state index in [0.29, 0.717) is 67.4 Å². The molecule has 39 heavy (non-hydrogen) atoms. The molecular weight excluding hydrogens is 494 g/mol. The average molecular weight is 524 g/mol. The number of carbonyl (C=O) groups excluding carboxylic acids is 2. The molecule has 2 amide bonds. The Labute approximate surface area is 225 Å². The number of rotatable bonds is 7. The highest BCUT2D eigenvalue weighted by Crippen LogP contribution is 2.36. The van der Waals surface area contributed by atoms with Crippen LogP contribution in [0.15, 0.2) is 60.7 Å². The van der Waals surface area contributed by atoms with Crippen LogP contribution in [0.5, 0.6) is 5.75 Å². The lowest BCUT2D eigenvalue weighted by Crippen LogP contribution is -2.44. The zero-order chi connectivity index (χ0) is 27.4. The number of aromatic hydroxyl groups is 1. The summed E-state index contributed by atoms with van der Waals surface area (Å²) in [5.41, 5.74) is 1.90. The molecule has 2 aromatic heterocycles. The van der Waals surface area contributed by atoms with Gasteiger partial charge in [-0.25, -0.2) is 9.97 Å². The van der Waals surface area contributed by atoms with Gasteiger partial charge in [-0.05, 0) is 36.6 Å². The van der Waals surface area contributed by atoms with Gasteiger partial charge in [0.1, 0.15) is 22.9 Å². The number of H-pyrrole nitrogens is 1. The molecule has 4 aromatic rings. The lowest BCUT2D eigenvalue weighted by Gasteiger charge is -2.37. The van der Waals surface area contributed by atoms with E-state index in [9.17, 15) is 20.0 Å². The number of phenolic OH excluding ortho intramolecular Hbond substituents is 1. The molecule has 0 atom stereocenters. The van der Waals surface area contributed by atoms with Gasteiger partial charge in [0.2, 0.25) is 5.91 Å². The zero-order valence-corrected chi connectivity index (χ0v) is 21.6. The van der Waals surface area contributed by atoms with Crippen LogP contribution in [0.4, 0.5) is 5.82 Å². The highest BCUT2D eigenvalue weighted by molar-refractivity contribution is 6.00. The molecule has 0 saturated carbocycles. The van der Waals surface area contributed by atoms with Crippen LogP contribution in [-0.4, -0.2) is 63.0 Å². The van der Waals surface area contributed by atoms with Crippen molar-refractivity contribution in [3.63, 3.8) is 0 Å². The quantitative estimate of drug-likeness (QED) is 0.271. The summed E-state index contributed by atoms with van der Waals surface area (Å²) < 4.78 is 0. The van der Waals surface area contributed by atoms with E-state index in [1.165, 1.54) is 6.92 Å². The predicted molar refractivity (Wildman–Crippen MR) is 147 cm³/mol. The Morgan fingerprint density at radius 2 is 1.79 bits per heavy atom. The van der Waals surface area contributed by atoms with Gasteiger partial charge in [0.15, 0.2) is 5.82 Å². The Bertz CT molecular complexity index is 1530. The first-order chi connectivity index (χ1) is 18.9. The van der Waals surface area contributed by atoms with Crippen LogP contribution < -0.4 is 10.6 Å². The summed E-state index contributed by atoms with van der Waals surface area (Å²) in [6.07, 6.45) is 0.988. The molecule has 10 nitrogen and oxygen atoms in total. The number of anilines is 1. The number of nitriles is 1. The molecule has 0 spiro atoms. The summed E-state index contributed by atoms with van der Waals surface area (Å²) in [7, 11) is 0. The summed E-state index contributed by atoms with van der Waals surface area (Å²) in [5.74, 6) is 0.943. The smallest absolute Gasteiger partial charge is 0.270 e. The SMILES string of the molecule is CC(=O)NCCNc1nc(-c2ccccc2)nc2[nH]c(C(=O)N3CCC(C#N)(c4ccc(O)cc4)CC3)cc12. The summed E-state index contributed by atoms with van der Waals surface area (Å²) in [5, 5.41) is 26.3. The molecule has 4 N–H and O–H groups in total. The standard InChI is InChI=1S/C29H29N7O3/c1-19(37)31-13-14-32-26-23-17-24(33-27(23)35-25(34-26)20-5-3-2-4-6-20)28(39)36-15-11-29(18-30,12-16-36)21-7-9-22(38)10-8-21/h2-10,17,38H,11-16H2,1H3,(H,31,37)(H2,32,33,34,35). The zero-order valence-electron chi connectivity index (χ0n) is 21.6. The topological polar surface area (TPSA) is 147 Å². The molecule has 1 aliphatic heterocycles. The van der Waals surface area contributed by atoms with Gasteiger partial charge in [0.25, 0.3) is 5.91 Å². The van der Waals surface area contributed by atoms with Crippen LogP contribution in [0.3, 0.4) is 0 Å². The van der Waals surface area contributed by atoms with Gasteiger partial charge in [-0.1, -0.05) is 42.5 Å². The fraction of sp³-hybridized carbons (Fsp3) is 0.276. The minimum absolute atomic E-state index is 0.114. The number of hydrogen-bond donors (Lipinski definition) is 4. The van der Waals surface area contributed by atoms with E-state index in [4.69, 9.17) is 4.98 Å². The van der Waals surface area contributed by atoms with Crippen molar-refractivity contribution in [2.45, 2.75) is 25.2 Å². The van der Waals surface area contributed by atoms with Gasteiger partial charge in [0.05, 0.1) is 16.9 Å². The Morgan fingerprint density at radius 1 is 1.08 bits per heavy atom. The Morgan fingerprint density at radius 3 is 2.46 bits per heavy atom. The number of aromatic nitrogens is 3. The number of carbonyl (C=O) groups is 2. The first-order valence-electron chi connectivity index (χ1n) is 12.8. The Balaban J connectivity index is 1.39. The number of benzene rings is 2. The maximum atomic E-state index is 13.5. The van der Waals surface area contributed by atoms with Crippen molar-refractivity contribution in [2.24, 2.45) is 0 Å². The summed E-state index contributed by atoms with van der Waals surface area (Å²) in [6.45, 7) is 3.18. The van der Waals surface area contributed by atoms with Crippen molar-refractivity contribution in [1.82, 2.24) is 25.2 Å². The Kier molecular flexibility index (Phi) is 7.14. The number of amides is 2. The van der Waals surface area contributed by atoms with E-state index in [1.807, 2.05) is 30.3 Å². The van der Waals surface area contributed by atoms with Crippen molar-refractivity contribution in [1.29, 1.82) is 5.26 Å². The summed E-state index contributed by atoms with van der Waals surface area (Å²) in [6, 6.07) is 20.5. The van der Waals surface area contributed by atoms with Crippen molar-refractivity contribution in [3.05, 3.63) is 71.9 Å². The molecule has 5 rings (SSSR count). The molecule has 0 unspecified atom stereocenters. The molecule has 0 bridgehead atoms. The number of hydrogen-bond acceptors (Lipinski definition) is 7. The molecule has 198 valence electrons. The van der Waals surface area contributed by atoms with Crippen molar-refractivity contribution in [3.8, 4) is 23.2 Å². The van der Waals surface area contributed by atoms with Gasteiger partial charge < -0.3 is 25.6 Å². The molecule has 1 aliphatic rings. The second-order valence-electron chi connectivity index (χ2n) is 9.65. The molecular formula is C29H29N7O3. The molecule has 0 aliphatic carbocycles.